The largest absolute Gasteiger partial charge is 0.379 e. The fourth-order valence-corrected chi connectivity index (χ4v) is 1.24. The minimum absolute atomic E-state index is 0.0209. The van der Waals surface area contributed by atoms with Crippen molar-refractivity contribution in [2.24, 2.45) is 5.73 Å². The Morgan fingerprint density at radius 1 is 1.54 bits per heavy atom. The van der Waals surface area contributed by atoms with Crippen molar-refractivity contribution < 1.29 is 9.84 Å². The fourth-order valence-electron chi connectivity index (χ4n) is 1.24. The second-order valence-electron chi connectivity index (χ2n) is 3.17. The van der Waals surface area contributed by atoms with Crippen LogP contribution in [0.2, 0.25) is 0 Å². The van der Waals surface area contributed by atoms with Crippen molar-refractivity contribution in [1.29, 1.82) is 0 Å². The molecule has 1 atom stereocenters. The first-order chi connectivity index (χ1) is 6.06. The minimum atomic E-state index is -0.761. The van der Waals surface area contributed by atoms with E-state index in [1.807, 2.05) is 12.2 Å². The Kier molecular flexibility index (Phi) is 3.22. The third kappa shape index (κ3) is 2.93. The predicted octanol–water partition coefficient (Wildman–Crippen LogP) is -0.290. The second kappa shape index (κ2) is 4.02. The average molecular weight is 184 g/mol. The van der Waals surface area contributed by atoms with Gasteiger partial charge in [0.15, 0.2) is 0 Å². The number of rotatable bonds is 3. The molecule has 0 amide bonds. The van der Waals surface area contributed by atoms with Gasteiger partial charge in [-0.1, -0.05) is 12.2 Å². The molecule has 0 aromatic carbocycles. The Balaban J connectivity index is 2.60. The van der Waals surface area contributed by atoms with Gasteiger partial charge in [-0.25, -0.2) is 0 Å². The SMILES string of the molecule is COC1C=CC(N)(NC(C)O)C=C1. The van der Waals surface area contributed by atoms with Gasteiger partial charge in [0.05, 0.1) is 6.10 Å². The van der Waals surface area contributed by atoms with Crippen LogP contribution in [0.1, 0.15) is 6.92 Å². The maximum absolute atomic E-state index is 9.10. The predicted molar refractivity (Wildman–Crippen MR) is 50.8 cm³/mol. The summed E-state index contributed by atoms with van der Waals surface area (Å²) in [5.41, 5.74) is 5.12. The van der Waals surface area contributed by atoms with E-state index in [2.05, 4.69) is 5.32 Å². The van der Waals surface area contributed by atoms with Gasteiger partial charge >= 0.3 is 0 Å². The van der Waals surface area contributed by atoms with E-state index in [0.717, 1.165) is 0 Å². The zero-order chi connectivity index (χ0) is 9.90. The standard InChI is InChI=1S/C9H16N2O2/c1-7(12)11-9(10)5-3-8(13-2)4-6-9/h3-8,11-12H,10H2,1-2H3. The molecule has 0 heterocycles. The van der Waals surface area contributed by atoms with E-state index < -0.39 is 11.9 Å². The van der Waals surface area contributed by atoms with Gasteiger partial charge in [0.25, 0.3) is 0 Å². The normalized spacial score (nSPS) is 34.9. The van der Waals surface area contributed by atoms with E-state index in [4.69, 9.17) is 15.6 Å². The maximum atomic E-state index is 9.10. The smallest absolute Gasteiger partial charge is 0.107 e. The summed E-state index contributed by atoms with van der Waals surface area (Å²) in [5.74, 6) is 0. The highest BCUT2D eigenvalue weighted by Crippen LogP contribution is 2.11. The van der Waals surface area contributed by atoms with Gasteiger partial charge < -0.3 is 15.6 Å². The van der Waals surface area contributed by atoms with Crippen LogP contribution in [0.25, 0.3) is 0 Å². The highest BCUT2D eigenvalue weighted by molar-refractivity contribution is 5.24. The van der Waals surface area contributed by atoms with E-state index in [1.165, 1.54) is 0 Å². The van der Waals surface area contributed by atoms with Crippen molar-refractivity contribution in [2.75, 3.05) is 7.11 Å². The molecule has 1 unspecified atom stereocenters. The Morgan fingerprint density at radius 3 is 2.46 bits per heavy atom. The number of methoxy groups -OCH3 is 1. The Bertz CT molecular complexity index is 210. The van der Waals surface area contributed by atoms with Crippen LogP contribution in [0.3, 0.4) is 0 Å². The van der Waals surface area contributed by atoms with E-state index in [9.17, 15) is 0 Å². The number of aliphatic hydroxyl groups excluding tert-OH is 1. The van der Waals surface area contributed by atoms with Crippen LogP contribution in [-0.4, -0.2) is 30.2 Å². The molecule has 0 aromatic rings. The number of hydrogen-bond acceptors (Lipinski definition) is 4. The maximum Gasteiger partial charge on any atom is 0.107 e. The molecule has 1 aliphatic rings. The molecule has 0 saturated carbocycles. The molecule has 0 aromatic heterocycles. The van der Waals surface area contributed by atoms with Crippen molar-refractivity contribution >= 4 is 0 Å². The summed E-state index contributed by atoms with van der Waals surface area (Å²) >= 11 is 0. The summed E-state index contributed by atoms with van der Waals surface area (Å²) < 4.78 is 5.07. The quantitative estimate of drug-likeness (QED) is 0.416. The third-order valence-electron chi connectivity index (χ3n) is 1.85. The Morgan fingerprint density at radius 2 is 2.08 bits per heavy atom. The van der Waals surface area contributed by atoms with E-state index in [1.54, 1.807) is 26.2 Å². The van der Waals surface area contributed by atoms with Gasteiger partial charge in [-0.2, -0.15) is 0 Å². The first kappa shape index (κ1) is 10.4. The molecule has 4 N–H and O–H groups in total. The van der Waals surface area contributed by atoms with Crippen LogP contribution in [0, 0.1) is 0 Å². The molecule has 0 fully saturated rings. The summed E-state index contributed by atoms with van der Waals surface area (Å²) in [4.78, 5) is 0. The third-order valence-corrected chi connectivity index (χ3v) is 1.85. The number of nitrogens with two attached hydrogens (primary N) is 1. The minimum Gasteiger partial charge on any atom is -0.379 e. The number of hydrogen-bond donors (Lipinski definition) is 3. The van der Waals surface area contributed by atoms with Crippen molar-refractivity contribution in [3.63, 3.8) is 0 Å². The van der Waals surface area contributed by atoms with Gasteiger partial charge in [0, 0.05) is 7.11 Å². The first-order valence-electron chi connectivity index (χ1n) is 4.22. The highest BCUT2D eigenvalue weighted by atomic mass is 16.5. The van der Waals surface area contributed by atoms with Gasteiger partial charge in [0.1, 0.15) is 11.9 Å². The molecule has 0 bridgehead atoms. The summed E-state index contributed by atoms with van der Waals surface area (Å²) in [6.45, 7) is 1.62. The van der Waals surface area contributed by atoms with Crippen LogP contribution >= 0.6 is 0 Å². The van der Waals surface area contributed by atoms with Crippen molar-refractivity contribution in [1.82, 2.24) is 5.32 Å². The van der Waals surface area contributed by atoms with Crippen molar-refractivity contribution in [3.8, 4) is 0 Å². The van der Waals surface area contributed by atoms with Crippen LogP contribution in [0.5, 0.6) is 0 Å². The molecule has 13 heavy (non-hydrogen) atoms. The number of aliphatic hydroxyl groups is 1. The van der Waals surface area contributed by atoms with Gasteiger partial charge in [-0.3, -0.25) is 5.32 Å². The number of nitrogens with one attached hydrogen (secondary N) is 1. The molecule has 1 aliphatic carbocycles. The molecule has 4 nitrogen and oxygen atoms in total. The van der Waals surface area contributed by atoms with Crippen molar-refractivity contribution in [2.45, 2.75) is 24.9 Å². The summed E-state index contributed by atoms with van der Waals surface area (Å²) in [6.07, 6.45) is 6.57. The van der Waals surface area contributed by atoms with E-state index in [0.29, 0.717) is 0 Å². The Labute approximate surface area is 78.1 Å². The van der Waals surface area contributed by atoms with Crippen LogP contribution in [-0.2, 0) is 4.74 Å². The lowest BCUT2D eigenvalue weighted by Crippen LogP contribution is -2.54. The van der Waals surface area contributed by atoms with Gasteiger partial charge in [0.2, 0.25) is 0 Å². The van der Waals surface area contributed by atoms with E-state index in [-0.39, 0.29) is 6.10 Å². The molecule has 0 spiro atoms. The summed E-state index contributed by atoms with van der Waals surface area (Å²) in [5, 5.41) is 11.9. The first-order valence-corrected chi connectivity index (χ1v) is 4.22. The average Bonchev–Trinajstić information content (AvgIpc) is 2.04. The molecule has 74 valence electrons. The molecule has 0 saturated heterocycles. The molecule has 1 rings (SSSR count). The van der Waals surface area contributed by atoms with Gasteiger partial charge in [-0.15, -0.1) is 0 Å². The second-order valence-corrected chi connectivity index (χ2v) is 3.17. The molecular weight excluding hydrogens is 168 g/mol. The lowest BCUT2D eigenvalue weighted by molar-refractivity contribution is 0.131. The van der Waals surface area contributed by atoms with Crippen LogP contribution < -0.4 is 11.1 Å². The van der Waals surface area contributed by atoms with E-state index >= 15 is 0 Å². The molecular formula is C9H16N2O2. The van der Waals surface area contributed by atoms with Crippen LogP contribution in [0.4, 0.5) is 0 Å². The summed E-state index contributed by atoms with van der Waals surface area (Å²) in [7, 11) is 1.63. The molecule has 4 heteroatoms. The Hall–Kier alpha value is -0.680. The lowest BCUT2D eigenvalue weighted by atomic mass is 10.0. The van der Waals surface area contributed by atoms with Crippen molar-refractivity contribution in [3.05, 3.63) is 24.3 Å². The fraction of sp³-hybridized carbons (Fsp3) is 0.556. The monoisotopic (exact) mass is 184 g/mol. The van der Waals surface area contributed by atoms with Gasteiger partial charge in [-0.05, 0) is 19.1 Å². The molecule has 0 radical (unpaired) electrons. The molecule has 0 aliphatic heterocycles. The zero-order valence-electron chi connectivity index (χ0n) is 7.90. The zero-order valence-corrected chi connectivity index (χ0v) is 7.90. The highest BCUT2D eigenvalue weighted by Gasteiger charge is 2.22. The summed E-state index contributed by atoms with van der Waals surface area (Å²) in [6, 6.07) is 0. The topological polar surface area (TPSA) is 67.5 Å². The number of ether oxygens (including phenoxy) is 1. The lowest BCUT2D eigenvalue weighted by Gasteiger charge is -2.29. The van der Waals surface area contributed by atoms with Crippen LogP contribution in [0.15, 0.2) is 24.3 Å².